The molecule has 1 N–H and O–H groups in total. The Labute approximate surface area is 109 Å². The van der Waals surface area contributed by atoms with E-state index in [4.69, 9.17) is 0 Å². The van der Waals surface area contributed by atoms with Crippen molar-refractivity contribution < 1.29 is 10.0 Å². The molecule has 1 aromatic carbocycles. The quantitative estimate of drug-likeness (QED) is 0.666. The Morgan fingerprint density at radius 2 is 2.00 bits per heavy atom. The van der Waals surface area contributed by atoms with E-state index in [0.717, 1.165) is 0 Å². The van der Waals surface area contributed by atoms with Crippen molar-refractivity contribution in [1.29, 1.82) is 0 Å². The number of hydrogen-bond acceptors (Lipinski definition) is 4. The van der Waals surface area contributed by atoms with Gasteiger partial charge in [-0.2, -0.15) is 0 Å². The summed E-state index contributed by atoms with van der Waals surface area (Å²) in [6, 6.07) is 7.10. The minimum Gasteiger partial charge on any atom is -0.381 e. The van der Waals surface area contributed by atoms with Gasteiger partial charge in [0.05, 0.1) is 5.52 Å². The fourth-order valence-corrected chi connectivity index (χ4v) is 2.06. The van der Waals surface area contributed by atoms with Crippen LogP contribution in [0.2, 0.25) is 0 Å². The predicted octanol–water partition coefficient (Wildman–Crippen LogP) is 1.24. The van der Waals surface area contributed by atoms with Gasteiger partial charge >= 0.3 is 0 Å². The van der Waals surface area contributed by atoms with Crippen molar-refractivity contribution in [3.05, 3.63) is 56.4 Å². The van der Waals surface area contributed by atoms with Crippen molar-refractivity contribution in [3.8, 4) is 0 Å². The zero-order chi connectivity index (χ0) is 14.2. The van der Waals surface area contributed by atoms with Gasteiger partial charge in [-0.25, -0.2) is 0 Å². The standard InChI is InChI=1S/C13H14N2O4/c1-8(15(18)19)13(17)10-7-12(16)14(2)11-6-4-3-5-9(10)11/h3-8,13,17H,1-2H3/t8-,13+/m0/s1. The van der Waals surface area contributed by atoms with Crippen LogP contribution in [0.1, 0.15) is 18.6 Å². The Balaban J connectivity index is 2.71. The first kappa shape index (κ1) is 13.2. The van der Waals surface area contributed by atoms with E-state index in [-0.39, 0.29) is 5.56 Å². The molecule has 1 heterocycles. The molecule has 0 aliphatic heterocycles. The van der Waals surface area contributed by atoms with Crippen molar-refractivity contribution in [2.75, 3.05) is 0 Å². The summed E-state index contributed by atoms with van der Waals surface area (Å²) in [6.45, 7) is 1.32. The molecule has 0 bridgehead atoms. The van der Waals surface area contributed by atoms with Gasteiger partial charge < -0.3 is 9.67 Å². The topological polar surface area (TPSA) is 85.4 Å². The maximum Gasteiger partial charge on any atom is 0.251 e. The fraction of sp³-hybridized carbons (Fsp3) is 0.308. The molecular weight excluding hydrogens is 248 g/mol. The molecule has 0 fully saturated rings. The van der Waals surface area contributed by atoms with Crippen LogP contribution in [0.25, 0.3) is 10.9 Å². The number of nitrogens with zero attached hydrogens (tertiary/aromatic N) is 2. The molecule has 2 rings (SSSR count). The molecule has 0 amide bonds. The monoisotopic (exact) mass is 262 g/mol. The minimum absolute atomic E-state index is 0.294. The first-order valence-corrected chi connectivity index (χ1v) is 5.83. The second-order valence-corrected chi connectivity index (χ2v) is 4.48. The highest BCUT2D eigenvalue weighted by atomic mass is 16.6. The van der Waals surface area contributed by atoms with Crippen LogP contribution in [-0.4, -0.2) is 20.6 Å². The van der Waals surface area contributed by atoms with E-state index < -0.39 is 17.1 Å². The van der Waals surface area contributed by atoms with Crippen molar-refractivity contribution in [1.82, 2.24) is 4.57 Å². The normalized spacial score (nSPS) is 14.3. The molecule has 100 valence electrons. The van der Waals surface area contributed by atoms with Crippen LogP contribution < -0.4 is 5.56 Å². The summed E-state index contributed by atoms with van der Waals surface area (Å²) in [5.74, 6) is 0. The second kappa shape index (κ2) is 4.81. The van der Waals surface area contributed by atoms with E-state index in [9.17, 15) is 20.0 Å². The number of benzene rings is 1. The SMILES string of the molecule is C[C@@H]([C@@H](O)c1cc(=O)n(C)c2ccccc12)[N+](=O)[O-]. The second-order valence-electron chi connectivity index (χ2n) is 4.48. The smallest absolute Gasteiger partial charge is 0.251 e. The molecule has 2 atom stereocenters. The Morgan fingerprint density at radius 1 is 1.37 bits per heavy atom. The zero-order valence-corrected chi connectivity index (χ0v) is 10.6. The lowest BCUT2D eigenvalue weighted by molar-refractivity contribution is -0.531. The van der Waals surface area contributed by atoms with E-state index in [1.165, 1.54) is 17.6 Å². The van der Waals surface area contributed by atoms with Crippen LogP contribution in [0.3, 0.4) is 0 Å². The van der Waals surface area contributed by atoms with Crippen LogP contribution in [0.5, 0.6) is 0 Å². The Kier molecular flexibility index (Phi) is 3.35. The molecule has 0 radical (unpaired) electrons. The van der Waals surface area contributed by atoms with Crippen LogP contribution in [0.4, 0.5) is 0 Å². The van der Waals surface area contributed by atoms with Crippen molar-refractivity contribution in [3.63, 3.8) is 0 Å². The third-order valence-corrected chi connectivity index (χ3v) is 3.29. The van der Waals surface area contributed by atoms with Crippen LogP contribution in [-0.2, 0) is 7.05 Å². The lowest BCUT2D eigenvalue weighted by Gasteiger charge is -2.16. The van der Waals surface area contributed by atoms with E-state index >= 15 is 0 Å². The van der Waals surface area contributed by atoms with E-state index in [2.05, 4.69) is 0 Å². The lowest BCUT2D eigenvalue weighted by Crippen LogP contribution is -2.26. The summed E-state index contributed by atoms with van der Waals surface area (Å²) in [7, 11) is 1.62. The summed E-state index contributed by atoms with van der Waals surface area (Å²) >= 11 is 0. The van der Waals surface area contributed by atoms with Gasteiger partial charge in [0.15, 0.2) is 0 Å². The van der Waals surface area contributed by atoms with Crippen LogP contribution >= 0.6 is 0 Å². The molecule has 6 heteroatoms. The highest BCUT2D eigenvalue weighted by molar-refractivity contribution is 5.82. The Morgan fingerprint density at radius 3 is 2.63 bits per heavy atom. The highest BCUT2D eigenvalue weighted by Gasteiger charge is 2.28. The van der Waals surface area contributed by atoms with Gasteiger partial charge in [0, 0.05) is 35.9 Å². The number of aromatic nitrogens is 1. The average Bonchev–Trinajstić information content (AvgIpc) is 2.41. The average molecular weight is 262 g/mol. The molecular formula is C13H14N2O4. The highest BCUT2D eigenvalue weighted by Crippen LogP contribution is 2.25. The number of rotatable bonds is 3. The molecule has 2 aromatic rings. The van der Waals surface area contributed by atoms with Gasteiger partial charge in [0.25, 0.3) is 5.56 Å². The van der Waals surface area contributed by atoms with Crippen molar-refractivity contribution in [2.24, 2.45) is 7.05 Å². The van der Waals surface area contributed by atoms with E-state index in [0.29, 0.717) is 16.5 Å². The number of hydrogen-bond donors (Lipinski definition) is 1. The Hall–Kier alpha value is -2.21. The minimum atomic E-state index is -1.31. The van der Waals surface area contributed by atoms with Gasteiger partial charge in [0.2, 0.25) is 6.04 Å². The molecule has 0 spiro atoms. The molecule has 6 nitrogen and oxygen atoms in total. The maximum absolute atomic E-state index is 11.8. The molecule has 1 aromatic heterocycles. The van der Waals surface area contributed by atoms with Crippen molar-refractivity contribution >= 4 is 10.9 Å². The molecule has 0 saturated carbocycles. The van der Waals surface area contributed by atoms with Gasteiger partial charge in [-0.1, -0.05) is 18.2 Å². The van der Waals surface area contributed by atoms with E-state index in [1.807, 2.05) is 0 Å². The van der Waals surface area contributed by atoms with Gasteiger partial charge in [-0.15, -0.1) is 0 Å². The van der Waals surface area contributed by atoms with Gasteiger partial charge in [-0.05, 0) is 6.07 Å². The third-order valence-electron chi connectivity index (χ3n) is 3.29. The molecule has 0 aliphatic carbocycles. The number of aliphatic hydroxyl groups is 1. The molecule has 0 unspecified atom stereocenters. The van der Waals surface area contributed by atoms with Gasteiger partial charge in [-0.3, -0.25) is 14.9 Å². The maximum atomic E-state index is 11.8. The first-order chi connectivity index (χ1) is 8.93. The number of aryl methyl sites for hydroxylation is 1. The van der Waals surface area contributed by atoms with E-state index in [1.54, 1.807) is 31.3 Å². The summed E-state index contributed by atoms with van der Waals surface area (Å²) < 4.78 is 1.45. The first-order valence-electron chi connectivity index (χ1n) is 5.83. The Bertz CT molecular complexity index is 693. The summed E-state index contributed by atoms with van der Waals surface area (Å²) in [5.41, 5.74) is 0.630. The zero-order valence-electron chi connectivity index (χ0n) is 10.6. The number of fused-ring (bicyclic) bond motifs is 1. The van der Waals surface area contributed by atoms with Crippen molar-refractivity contribution in [2.45, 2.75) is 19.1 Å². The lowest BCUT2D eigenvalue weighted by atomic mass is 9.99. The molecule has 19 heavy (non-hydrogen) atoms. The number of nitro groups is 1. The summed E-state index contributed by atoms with van der Waals surface area (Å²) in [5, 5.41) is 21.5. The molecule has 0 saturated heterocycles. The third kappa shape index (κ3) is 2.22. The summed E-state index contributed by atoms with van der Waals surface area (Å²) in [6.07, 6.45) is -1.31. The van der Waals surface area contributed by atoms with Crippen LogP contribution in [0, 0.1) is 10.1 Å². The fourth-order valence-electron chi connectivity index (χ4n) is 2.06. The largest absolute Gasteiger partial charge is 0.381 e. The number of pyridine rings is 1. The van der Waals surface area contributed by atoms with Gasteiger partial charge in [0.1, 0.15) is 6.10 Å². The van der Waals surface area contributed by atoms with Crippen LogP contribution in [0.15, 0.2) is 35.1 Å². The molecule has 0 aliphatic rings. The number of aliphatic hydroxyl groups excluding tert-OH is 1. The predicted molar refractivity (Wildman–Crippen MR) is 70.6 cm³/mol. The summed E-state index contributed by atoms with van der Waals surface area (Å²) in [4.78, 5) is 22.0. The number of para-hydroxylation sites is 1.